The smallest absolute Gasteiger partial charge is 0.303 e. The number of hydrogen-bond donors (Lipinski definition) is 0. The number of rotatable bonds is 7. The minimum absolute atomic E-state index is 0.275. The quantitative estimate of drug-likeness (QED) is 0.418. The molecule has 34 heavy (non-hydrogen) atoms. The van der Waals surface area contributed by atoms with Crippen molar-refractivity contribution in [2.24, 2.45) is 0 Å². The molecular formula is C23H25NO9S. The summed E-state index contributed by atoms with van der Waals surface area (Å²) in [6, 6.07) is 9.29. The highest BCUT2D eigenvalue weighted by Gasteiger charge is 2.52. The predicted octanol–water partition coefficient (Wildman–Crippen LogP) is 2.41. The van der Waals surface area contributed by atoms with Crippen molar-refractivity contribution in [3.63, 3.8) is 0 Å². The standard InChI is InChI=1S/C23H25NO9S/c1-12(25)29-11-17-20(30-13(2)26)21(31-14(3)27)22(32-15(4)28)23(33-17)34-18-9-5-7-16-8-6-10-24-19(16)18/h5-10,17,20-23H,11H2,1-4H3/t17-,20-,21+,22-,23+/m1/s1. The van der Waals surface area contributed by atoms with Crippen LogP contribution in [0, 0.1) is 0 Å². The third-order valence-corrected chi connectivity index (χ3v) is 5.98. The molecule has 2 aromatic rings. The van der Waals surface area contributed by atoms with Crippen LogP contribution in [0.1, 0.15) is 27.7 Å². The molecule has 0 unspecified atom stereocenters. The molecule has 11 heteroatoms. The second-order valence-electron chi connectivity index (χ2n) is 7.52. The number of hydrogen-bond acceptors (Lipinski definition) is 11. The monoisotopic (exact) mass is 491 g/mol. The predicted molar refractivity (Wildman–Crippen MR) is 120 cm³/mol. The molecule has 0 spiro atoms. The number of nitrogens with zero attached hydrogens (tertiary/aromatic N) is 1. The highest BCUT2D eigenvalue weighted by atomic mass is 32.2. The lowest BCUT2D eigenvalue weighted by molar-refractivity contribution is -0.237. The number of carbonyl (C=O) groups is 4. The van der Waals surface area contributed by atoms with E-state index in [1.807, 2.05) is 30.3 Å². The van der Waals surface area contributed by atoms with Crippen molar-refractivity contribution in [1.82, 2.24) is 4.98 Å². The Morgan fingerprint density at radius 1 is 0.853 bits per heavy atom. The third-order valence-electron chi connectivity index (χ3n) is 4.79. The van der Waals surface area contributed by atoms with E-state index in [1.54, 1.807) is 6.20 Å². The normalized spacial score (nSPS) is 24.2. The van der Waals surface area contributed by atoms with Crippen molar-refractivity contribution in [2.45, 2.75) is 62.4 Å². The molecule has 0 bridgehead atoms. The summed E-state index contributed by atoms with van der Waals surface area (Å²) in [6.45, 7) is 4.52. The number of fused-ring (bicyclic) bond motifs is 1. The zero-order chi connectivity index (χ0) is 24.8. The van der Waals surface area contributed by atoms with Crippen LogP contribution in [0.25, 0.3) is 10.9 Å². The largest absolute Gasteiger partial charge is 0.463 e. The number of ether oxygens (including phenoxy) is 5. The van der Waals surface area contributed by atoms with Gasteiger partial charge >= 0.3 is 23.9 Å². The molecule has 1 fully saturated rings. The van der Waals surface area contributed by atoms with E-state index in [4.69, 9.17) is 23.7 Å². The lowest BCUT2D eigenvalue weighted by atomic mass is 9.99. The molecule has 1 saturated heterocycles. The maximum absolute atomic E-state index is 12.0. The molecule has 0 radical (unpaired) electrons. The van der Waals surface area contributed by atoms with Crippen LogP contribution in [-0.2, 0) is 42.9 Å². The lowest BCUT2D eigenvalue weighted by Gasteiger charge is -2.44. The molecule has 0 N–H and O–H groups in total. The molecule has 1 aliphatic heterocycles. The Morgan fingerprint density at radius 3 is 2.12 bits per heavy atom. The summed E-state index contributed by atoms with van der Waals surface area (Å²) in [4.78, 5) is 52.3. The van der Waals surface area contributed by atoms with Crippen molar-refractivity contribution < 1.29 is 42.9 Å². The van der Waals surface area contributed by atoms with E-state index < -0.39 is 53.7 Å². The van der Waals surface area contributed by atoms with Crippen LogP contribution in [0.4, 0.5) is 0 Å². The maximum Gasteiger partial charge on any atom is 0.303 e. The van der Waals surface area contributed by atoms with Gasteiger partial charge in [0.25, 0.3) is 0 Å². The summed E-state index contributed by atoms with van der Waals surface area (Å²) >= 11 is 1.20. The number of carbonyl (C=O) groups excluding carboxylic acids is 4. The second-order valence-corrected chi connectivity index (χ2v) is 8.66. The molecule has 0 aliphatic carbocycles. The Kier molecular flexibility index (Phi) is 8.46. The summed E-state index contributed by atoms with van der Waals surface area (Å²) in [5, 5.41) is 0.887. The Morgan fingerprint density at radius 2 is 1.47 bits per heavy atom. The van der Waals surface area contributed by atoms with Crippen LogP contribution in [0.5, 0.6) is 0 Å². The van der Waals surface area contributed by atoms with Crippen LogP contribution >= 0.6 is 11.8 Å². The third kappa shape index (κ3) is 6.45. The minimum atomic E-state index is -1.21. The van der Waals surface area contributed by atoms with E-state index in [9.17, 15) is 19.2 Å². The highest BCUT2D eigenvalue weighted by Crippen LogP contribution is 2.39. The van der Waals surface area contributed by atoms with Gasteiger partial charge in [0.15, 0.2) is 18.3 Å². The van der Waals surface area contributed by atoms with E-state index in [-0.39, 0.29) is 6.61 Å². The van der Waals surface area contributed by atoms with E-state index in [0.29, 0.717) is 5.52 Å². The van der Waals surface area contributed by atoms with E-state index >= 15 is 0 Å². The van der Waals surface area contributed by atoms with Crippen LogP contribution in [-0.4, -0.2) is 65.3 Å². The number of pyridine rings is 1. The minimum Gasteiger partial charge on any atom is -0.463 e. The van der Waals surface area contributed by atoms with Gasteiger partial charge in [0, 0.05) is 44.2 Å². The number of thioether (sulfide) groups is 1. The van der Waals surface area contributed by atoms with Gasteiger partial charge in [-0.15, -0.1) is 0 Å². The molecule has 0 amide bonds. The van der Waals surface area contributed by atoms with Gasteiger partial charge in [-0.1, -0.05) is 30.0 Å². The Hall–Kier alpha value is -3.18. The average Bonchev–Trinajstić information content (AvgIpc) is 2.75. The summed E-state index contributed by atoms with van der Waals surface area (Å²) in [5.41, 5.74) is -0.212. The van der Waals surface area contributed by atoms with Crippen molar-refractivity contribution in [3.05, 3.63) is 36.5 Å². The highest BCUT2D eigenvalue weighted by molar-refractivity contribution is 8.00. The molecule has 5 atom stereocenters. The van der Waals surface area contributed by atoms with Crippen molar-refractivity contribution >= 4 is 46.5 Å². The molecule has 10 nitrogen and oxygen atoms in total. The van der Waals surface area contributed by atoms with Crippen LogP contribution < -0.4 is 0 Å². The molecule has 1 aromatic carbocycles. The molecule has 1 aliphatic rings. The van der Waals surface area contributed by atoms with Crippen LogP contribution in [0.15, 0.2) is 41.4 Å². The topological polar surface area (TPSA) is 127 Å². The number of esters is 4. The Balaban J connectivity index is 2.03. The van der Waals surface area contributed by atoms with E-state index in [1.165, 1.54) is 39.5 Å². The first-order valence-electron chi connectivity index (χ1n) is 10.5. The average molecular weight is 492 g/mol. The van der Waals surface area contributed by atoms with Gasteiger partial charge in [-0.25, -0.2) is 0 Å². The van der Waals surface area contributed by atoms with Crippen molar-refractivity contribution in [1.29, 1.82) is 0 Å². The molecule has 0 saturated carbocycles. The zero-order valence-electron chi connectivity index (χ0n) is 19.1. The van der Waals surface area contributed by atoms with Crippen molar-refractivity contribution in [2.75, 3.05) is 6.61 Å². The molecule has 2 heterocycles. The van der Waals surface area contributed by atoms with Crippen LogP contribution in [0.2, 0.25) is 0 Å². The van der Waals surface area contributed by atoms with Gasteiger partial charge in [0.2, 0.25) is 0 Å². The summed E-state index contributed by atoms with van der Waals surface area (Å²) in [6.07, 6.45) is -2.88. The molecular weight excluding hydrogens is 466 g/mol. The number of benzene rings is 1. The fourth-order valence-electron chi connectivity index (χ4n) is 3.58. The lowest BCUT2D eigenvalue weighted by Crippen LogP contribution is -2.61. The second kappa shape index (κ2) is 11.3. The fraction of sp³-hybridized carbons (Fsp3) is 0.435. The SMILES string of the molecule is CC(=O)OC[C@H]1O[C@@H](Sc2cccc3cccnc23)[C@H](OC(C)=O)[C@@H](OC(C)=O)[C@@H]1OC(C)=O. The number of aromatic nitrogens is 1. The maximum atomic E-state index is 12.0. The zero-order valence-corrected chi connectivity index (χ0v) is 19.9. The molecule has 182 valence electrons. The van der Waals surface area contributed by atoms with Crippen LogP contribution in [0.3, 0.4) is 0 Å². The first kappa shape index (κ1) is 25.4. The first-order valence-corrected chi connectivity index (χ1v) is 11.3. The van der Waals surface area contributed by atoms with Gasteiger partial charge in [0.05, 0.1) is 5.52 Å². The van der Waals surface area contributed by atoms with Gasteiger partial charge in [0.1, 0.15) is 18.1 Å². The van der Waals surface area contributed by atoms with Crippen molar-refractivity contribution in [3.8, 4) is 0 Å². The summed E-state index contributed by atoms with van der Waals surface area (Å²) in [7, 11) is 0. The molecule has 1 aromatic heterocycles. The molecule has 3 rings (SSSR count). The first-order chi connectivity index (χ1) is 16.2. The number of para-hydroxylation sites is 1. The van der Waals surface area contributed by atoms with Gasteiger partial charge in [-0.2, -0.15) is 0 Å². The summed E-state index contributed by atoms with van der Waals surface area (Å²) < 4.78 is 27.6. The van der Waals surface area contributed by atoms with E-state index in [0.717, 1.165) is 10.3 Å². The van der Waals surface area contributed by atoms with Gasteiger partial charge in [-0.3, -0.25) is 24.2 Å². The summed E-state index contributed by atoms with van der Waals surface area (Å²) in [5.74, 6) is -2.57. The Bertz CT molecular complexity index is 1070. The Labute approximate surface area is 200 Å². The van der Waals surface area contributed by atoms with E-state index in [2.05, 4.69) is 4.98 Å². The van der Waals surface area contributed by atoms with Gasteiger partial charge < -0.3 is 23.7 Å². The van der Waals surface area contributed by atoms with Gasteiger partial charge in [-0.05, 0) is 12.1 Å². The fourth-order valence-corrected chi connectivity index (χ4v) is 4.81.